The third-order valence-electron chi connectivity index (χ3n) is 4.25. The Kier molecular flexibility index (Phi) is 8.02. The molecule has 28 heavy (non-hydrogen) atoms. The number of rotatable bonds is 9. The highest BCUT2D eigenvalue weighted by molar-refractivity contribution is 6.04. The second-order valence-electron chi connectivity index (χ2n) is 6.77. The molecule has 6 nitrogen and oxygen atoms in total. The van der Waals surface area contributed by atoms with Crippen LogP contribution in [0, 0.1) is 0 Å². The number of para-hydroxylation sites is 1. The molecule has 1 unspecified atom stereocenters. The van der Waals surface area contributed by atoms with Gasteiger partial charge in [-0.2, -0.15) is 0 Å². The van der Waals surface area contributed by atoms with Gasteiger partial charge in [0.15, 0.2) is 6.10 Å². The first-order chi connectivity index (χ1) is 13.4. The van der Waals surface area contributed by atoms with Crippen molar-refractivity contribution in [3.63, 3.8) is 0 Å². The van der Waals surface area contributed by atoms with Gasteiger partial charge in [-0.1, -0.05) is 38.1 Å². The zero-order valence-corrected chi connectivity index (χ0v) is 16.8. The van der Waals surface area contributed by atoms with Crippen molar-refractivity contribution in [2.24, 2.45) is 0 Å². The van der Waals surface area contributed by atoms with Crippen LogP contribution in [0.4, 0.5) is 5.69 Å². The second-order valence-corrected chi connectivity index (χ2v) is 6.77. The molecule has 0 fully saturated rings. The zero-order chi connectivity index (χ0) is 20.5. The Hall–Kier alpha value is -2.86. The molecule has 2 aromatic carbocycles. The van der Waals surface area contributed by atoms with E-state index in [4.69, 9.17) is 9.47 Å². The van der Waals surface area contributed by atoms with Crippen molar-refractivity contribution in [3.8, 4) is 5.75 Å². The first-order valence-corrected chi connectivity index (χ1v) is 9.36. The number of carbonyl (C=O) groups excluding carboxylic acids is 2. The topological polar surface area (TPSA) is 76.7 Å². The number of hydrogen-bond acceptors (Lipinski definition) is 4. The molecule has 0 aliphatic heterocycles. The number of hydrogen-bond donors (Lipinski definition) is 2. The summed E-state index contributed by atoms with van der Waals surface area (Å²) < 4.78 is 10.7. The monoisotopic (exact) mass is 384 g/mol. The van der Waals surface area contributed by atoms with Crippen molar-refractivity contribution in [3.05, 3.63) is 59.7 Å². The van der Waals surface area contributed by atoms with Crippen molar-refractivity contribution in [2.75, 3.05) is 25.6 Å². The summed E-state index contributed by atoms with van der Waals surface area (Å²) in [6, 6.07) is 14.6. The Bertz CT molecular complexity index is 787. The smallest absolute Gasteiger partial charge is 0.265 e. The number of anilines is 1. The summed E-state index contributed by atoms with van der Waals surface area (Å²) in [4.78, 5) is 24.9. The minimum Gasteiger partial charge on any atom is -0.481 e. The summed E-state index contributed by atoms with van der Waals surface area (Å²) in [7, 11) is 1.57. The van der Waals surface area contributed by atoms with E-state index in [1.807, 2.05) is 24.3 Å². The van der Waals surface area contributed by atoms with Crippen LogP contribution in [0.5, 0.6) is 5.75 Å². The fraction of sp³-hybridized carbons (Fsp3) is 0.364. The summed E-state index contributed by atoms with van der Waals surface area (Å²) in [5, 5.41) is 5.53. The van der Waals surface area contributed by atoms with Crippen LogP contribution in [-0.2, 0) is 9.53 Å². The van der Waals surface area contributed by atoms with Crippen LogP contribution in [0.2, 0.25) is 0 Å². The standard InChI is InChI=1S/C22H28N2O4/c1-15(2)17-9-11-18(12-10-17)28-16(3)21(25)24-20-8-6-5-7-19(20)22(26)23-13-14-27-4/h5-12,15-16H,13-14H2,1-4H3,(H,23,26)(H,24,25). The van der Waals surface area contributed by atoms with Crippen molar-refractivity contribution >= 4 is 17.5 Å². The van der Waals surface area contributed by atoms with E-state index in [-0.39, 0.29) is 11.8 Å². The number of methoxy groups -OCH3 is 1. The molecule has 6 heteroatoms. The lowest BCUT2D eigenvalue weighted by Crippen LogP contribution is -2.32. The molecular weight excluding hydrogens is 356 g/mol. The molecule has 0 radical (unpaired) electrons. The molecule has 2 aromatic rings. The fourth-order valence-corrected chi connectivity index (χ4v) is 2.58. The average Bonchev–Trinajstić information content (AvgIpc) is 2.68. The predicted octanol–water partition coefficient (Wildman–Crippen LogP) is 3.59. The molecule has 2 N–H and O–H groups in total. The fourth-order valence-electron chi connectivity index (χ4n) is 2.58. The van der Waals surface area contributed by atoms with E-state index < -0.39 is 6.10 Å². The highest BCUT2D eigenvalue weighted by atomic mass is 16.5. The lowest BCUT2D eigenvalue weighted by atomic mass is 10.0. The second kappa shape index (κ2) is 10.5. The van der Waals surface area contributed by atoms with Gasteiger partial charge >= 0.3 is 0 Å². The highest BCUT2D eigenvalue weighted by Crippen LogP contribution is 2.20. The van der Waals surface area contributed by atoms with Crippen molar-refractivity contribution in [1.82, 2.24) is 5.32 Å². The third-order valence-corrected chi connectivity index (χ3v) is 4.25. The van der Waals surface area contributed by atoms with E-state index in [1.54, 1.807) is 38.3 Å². The van der Waals surface area contributed by atoms with Crippen molar-refractivity contribution in [2.45, 2.75) is 32.8 Å². The molecule has 0 aliphatic carbocycles. The number of benzene rings is 2. The van der Waals surface area contributed by atoms with Crippen molar-refractivity contribution < 1.29 is 19.1 Å². The largest absolute Gasteiger partial charge is 0.481 e. The molecule has 0 saturated heterocycles. The van der Waals surface area contributed by atoms with Crippen LogP contribution in [0.25, 0.3) is 0 Å². The molecular formula is C22H28N2O4. The summed E-state index contributed by atoms with van der Waals surface area (Å²) in [5.41, 5.74) is 2.03. The van der Waals surface area contributed by atoms with Gasteiger partial charge in [-0.15, -0.1) is 0 Å². The quantitative estimate of drug-likeness (QED) is 0.648. The number of amides is 2. The molecule has 0 spiro atoms. The molecule has 0 bridgehead atoms. The summed E-state index contributed by atoms with van der Waals surface area (Å²) >= 11 is 0. The average molecular weight is 384 g/mol. The first-order valence-electron chi connectivity index (χ1n) is 9.36. The van der Waals surface area contributed by atoms with Crippen LogP contribution in [0.1, 0.15) is 42.6 Å². The lowest BCUT2D eigenvalue weighted by molar-refractivity contribution is -0.122. The van der Waals surface area contributed by atoms with Gasteiger partial charge in [0.25, 0.3) is 11.8 Å². The van der Waals surface area contributed by atoms with Gasteiger partial charge in [0.1, 0.15) is 5.75 Å². The molecule has 2 amide bonds. The van der Waals surface area contributed by atoms with E-state index in [0.29, 0.717) is 36.1 Å². The number of carbonyl (C=O) groups is 2. The van der Waals surface area contributed by atoms with E-state index in [1.165, 1.54) is 5.56 Å². The molecule has 2 rings (SSSR count). The van der Waals surface area contributed by atoms with E-state index in [9.17, 15) is 9.59 Å². The normalized spacial score (nSPS) is 11.8. The number of ether oxygens (including phenoxy) is 2. The maximum absolute atomic E-state index is 12.5. The van der Waals surface area contributed by atoms with Gasteiger partial charge in [-0.05, 0) is 42.7 Å². The Morgan fingerprint density at radius 1 is 1.00 bits per heavy atom. The van der Waals surface area contributed by atoms with Crippen LogP contribution in [-0.4, -0.2) is 38.2 Å². The molecule has 0 heterocycles. The highest BCUT2D eigenvalue weighted by Gasteiger charge is 2.18. The molecule has 0 aromatic heterocycles. The first kappa shape index (κ1) is 21.4. The van der Waals surface area contributed by atoms with Crippen molar-refractivity contribution in [1.29, 1.82) is 0 Å². The minimum atomic E-state index is -0.713. The predicted molar refractivity (Wildman–Crippen MR) is 110 cm³/mol. The maximum Gasteiger partial charge on any atom is 0.265 e. The van der Waals surface area contributed by atoms with Gasteiger partial charge in [0, 0.05) is 13.7 Å². The van der Waals surface area contributed by atoms with Gasteiger partial charge in [-0.3, -0.25) is 9.59 Å². The van der Waals surface area contributed by atoms with Gasteiger partial charge in [0.05, 0.1) is 17.9 Å². The van der Waals surface area contributed by atoms with Crippen LogP contribution in [0.3, 0.4) is 0 Å². The molecule has 1 atom stereocenters. The van der Waals surface area contributed by atoms with Crippen LogP contribution in [0.15, 0.2) is 48.5 Å². The van der Waals surface area contributed by atoms with Gasteiger partial charge < -0.3 is 20.1 Å². The van der Waals surface area contributed by atoms with E-state index in [0.717, 1.165) is 0 Å². The zero-order valence-electron chi connectivity index (χ0n) is 16.8. The van der Waals surface area contributed by atoms with E-state index >= 15 is 0 Å². The van der Waals surface area contributed by atoms with Crippen LogP contribution >= 0.6 is 0 Å². The number of nitrogens with one attached hydrogen (secondary N) is 2. The van der Waals surface area contributed by atoms with E-state index in [2.05, 4.69) is 24.5 Å². The third kappa shape index (κ3) is 6.09. The summed E-state index contributed by atoms with van der Waals surface area (Å²) in [6.45, 7) is 6.72. The summed E-state index contributed by atoms with van der Waals surface area (Å²) in [5.74, 6) is 0.454. The van der Waals surface area contributed by atoms with Gasteiger partial charge in [0.2, 0.25) is 0 Å². The van der Waals surface area contributed by atoms with Gasteiger partial charge in [-0.25, -0.2) is 0 Å². The Labute approximate surface area is 166 Å². The molecule has 150 valence electrons. The van der Waals surface area contributed by atoms with Crippen LogP contribution < -0.4 is 15.4 Å². The SMILES string of the molecule is COCCNC(=O)c1ccccc1NC(=O)C(C)Oc1ccc(C(C)C)cc1. The molecule has 0 aliphatic rings. The Morgan fingerprint density at radius 2 is 1.68 bits per heavy atom. The Balaban J connectivity index is 2.00. The lowest BCUT2D eigenvalue weighted by Gasteiger charge is -2.17. The summed E-state index contributed by atoms with van der Waals surface area (Å²) in [6.07, 6.45) is -0.713. The molecule has 0 saturated carbocycles. The minimum absolute atomic E-state index is 0.272. The Morgan fingerprint density at radius 3 is 2.32 bits per heavy atom. The maximum atomic E-state index is 12.5.